The maximum Gasteiger partial charge on any atom is 0.244 e. The Morgan fingerprint density at radius 1 is 0.923 bits per heavy atom. The number of anilines is 1. The standard InChI is InChI=1S/C30H36ClN3O4S/c1-22(2)19-32-30(36)28(18-24-13-6-5-7-14-24)33(20-25-15-9-10-16-26(25)31)29(35)21-34(39(4,37)38)27-17-11-8-12-23(27)3/h5-17,22,28H,18-21H2,1-4H3,(H,32,36)/t28-/m0/s1. The van der Waals surface area contributed by atoms with Crippen molar-refractivity contribution in [2.45, 2.75) is 39.8 Å². The molecule has 0 aliphatic rings. The quantitative estimate of drug-likeness (QED) is 0.338. The van der Waals surface area contributed by atoms with Crippen molar-refractivity contribution in [2.24, 2.45) is 5.92 Å². The van der Waals surface area contributed by atoms with Crippen LogP contribution in [0, 0.1) is 12.8 Å². The number of rotatable bonds is 12. The molecule has 0 bridgehead atoms. The Balaban J connectivity index is 2.06. The number of sulfonamides is 1. The molecule has 208 valence electrons. The third-order valence-electron chi connectivity index (χ3n) is 6.32. The van der Waals surface area contributed by atoms with Crippen LogP contribution < -0.4 is 9.62 Å². The predicted octanol–water partition coefficient (Wildman–Crippen LogP) is 4.83. The lowest BCUT2D eigenvalue weighted by atomic mass is 10.0. The molecular weight excluding hydrogens is 534 g/mol. The lowest BCUT2D eigenvalue weighted by Gasteiger charge is -2.34. The summed E-state index contributed by atoms with van der Waals surface area (Å²) in [6, 6.07) is 22.6. The van der Waals surface area contributed by atoms with Crippen LogP contribution in [-0.2, 0) is 32.6 Å². The molecule has 9 heteroatoms. The zero-order chi connectivity index (χ0) is 28.6. The van der Waals surface area contributed by atoms with Crippen LogP contribution in [0.2, 0.25) is 5.02 Å². The highest BCUT2D eigenvalue weighted by Crippen LogP contribution is 2.24. The van der Waals surface area contributed by atoms with Crippen LogP contribution in [0.15, 0.2) is 78.9 Å². The maximum atomic E-state index is 14.1. The number of carbonyl (C=O) groups is 2. The number of para-hydroxylation sites is 1. The van der Waals surface area contributed by atoms with Crippen molar-refractivity contribution in [3.8, 4) is 0 Å². The van der Waals surface area contributed by atoms with Crippen LogP contribution >= 0.6 is 11.6 Å². The number of hydrogen-bond donors (Lipinski definition) is 1. The van der Waals surface area contributed by atoms with Gasteiger partial charge in [-0.05, 0) is 41.7 Å². The van der Waals surface area contributed by atoms with E-state index in [9.17, 15) is 18.0 Å². The lowest BCUT2D eigenvalue weighted by molar-refractivity contribution is -0.140. The van der Waals surface area contributed by atoms with Gasteiger partial charge in [0, 0.05) is 24.5 Å². The number of halogens is 1. The summed E-state index contributed by atoms with van der Waals surface area (Å²) < 4.78 is 26.9. The zero-order valence-corrected chi connectivity index (χ0v) is 24.4. The Kier molecular flexibility index (Phi) is 10.5. The molecule has 0 fully saturated rings. The van der Waals surface area contributed by atoms with Gasteiger partial charge < -0.3 is 10.2 Å². The van der Waals surface area contributed by atoms with Crippen molar-refractivity contribution >= 4 is 39.1 Å². The molecule has 3 aromatic carbocycles. The number of nitrogens with one attached hydrogen (secondary N) is 1. The second-order valence-corrected chi connectivity index (χ2v) is 12.3. The zero-order valence-electron chi connectivity index (χ0n) is 22.8. The average molecular weight is 570 g/mol. The molecular formula is C30H36ClN3O4S. The topological polar surface area (TPSA) is 86.8 Å². The summed E-state index contributed by atoms with van der Waals surface area (Å²) in [5, 5.41) is 3.42. The minimum atomic E-state index is -3.82. The fourth-order valence-electron chi connectivity index (χ4n) is 4.22. The Labute approximate surface area is 236 Å². The van der Waals surface area contributed by atoms with E-state index in [0.29, 0.717) is 28.4 Å². The van der Waals surface area contributed by atoms with Crippen molar-refractivity contribution in [3.05, 3.63) is 101 Å². The van der Waals surface area contributed by atoms with Crippen LogP contribution in [0.4, 0.5) is 5.69 Å². The highest BCUT2D eigenvalue weighted by Gasteiger charge is 2.33. The Bertz CT molecular complexity index is 1380. The van der Waals surface area contributed by atoms with Gasteiger partial charge in [-0.2, -0.15) is 0 Å². The summed E-state index contributed by atoms with van der Waals surface area (Å²) in [4.78, 5) is 29.1. The van der Waals surface area contributed by atoms with E-state index in [4.69, 9.17) is 11.6 Å². The van der Waals surface area contributed by atoms with Gasteiger partial charge in [0.1, 0.15) is 12.6 Å². The summed E-state index contributed by atoms with van der Waals surface area (Å²) in [6.07, 6.45) is 1.33. The predicted molar refractivity (Wildman–Crippen MR) is 157 cm³/mol. The molecule has 0 spiro atoms. The average Bonchev–Trinajstić information content (AvgIpc) is 2.89. The Morgan fingerprint density at radius 3 is 2.15 bits per heavy atom. The number of amides is 2. The molecule has 3 aromatic rings. The van der Waals surface area contributed by atoms with E-state index in [1.807, 2.05) is 50.2 Å². The molecule has 0 radical (unpaired) electrons. The fourth-order valence-corrected chi connectivity index (χ4v) is 5.33. The van der Waals surface area contributed by atoms with Crippen molar-refractivity contribution in [1.29, 1.82) is 0 Å². The molecule has 1 atom stereocenters. The molecule has 0 saturated heterocycles. The van der Waals surface area contributed by atoms with Crippen molar-refractivity contribution in [1.82, 2.24) is 10.2 Å². The molecule has 2 amide bonds. The van der Waals surface area contributed by atoms with Gasteiger partial charge in [-0.25, -0.2) is 8.42 Å². The largest absolute Gasteiger partial charge is 0.354 e. The number of aryl methyl sites for hydroxylation is 1. The first-order valence-corrected chi connectivity index (χ1v) is 15.1. The van der Waals surface area contributed by atoms with Gasteiger partial charge in [-0.15, -0.1) is 0 Å². The van der Waals surface area contributed by atoms with Gasteiger partial charge in [-0.3, -0.25) is 13.9 Å². The molecule has 0 saturated carbocycles. The minimum Gasteiger partial charge on any atom is -0.354 e. The fraction of sp³-hybridized carbons (Fsp3) is 0.333. The van der Waals surface area contributed by atoms with Crippen molar-refractivity contribution in [2.75, 3.05) is 23.7 Å². The van der Waals surface area contributed by atoms with E-state index in [1.165, 1.54) is 4.90 Å². The minimum absolute atomic E-state index is 0.0382. The van der Waals surface area contributed by atoms with E-state index in [2.05, 4.69) is 5.32 Å². The summed E-state index contributed by atoms with van der Waals surface area (Å²) in [5.41, 5.74) is 2.65. The molecule has 39 heavy (non-hydrogen) atoms. The second kappa shape index (κ2) is 13.6. The molecule has 0 aliphatic heterocycles. The molecule has 0 aliphatic carbocycles. The lowest BCUT2D eigenvalue weighted by Crippen LogP contribution is -2.53. The molecule has 3 rings (SSSR count). The van der Waals surface area contributed by atoms with Crippen LogP contribution in [0.3, 0.4) is 0 Å². The highest BCUT2D eigenvalue weighted by molar-refractivity contribution is 7.92. The number of nitrogens with zero attached hydrogens (tertiary/aromatic N) is 2. The van der Waals surface area contributed by atoms with Gasteiger partial charge in [0.2, 0.25) is 21.8 Å². The summed E-state index contributed by atoms with van der Waals surface area (Å²) >= 11 is 6.47. The third-order valence-corrected chi connectivity index (χ3v) is 7.81. The monoisotopic (exact) mass is 569 g/mol. The summed E-state index contributed by atoms with van der Waals surface area (Å²) in [6.45, 7) is 5.79. The SMILES string of the molecule is Cc1ccccc1N(CC(=O)N(Cc1ccccc1Cl)[C@@H](Cc1ccccc1)C(=O)NCC(C)C)S(C)(=O)=O. The first-order valence-electron chi connectivity index (χ1n) is 12.8. The Morgan fingerprint density at radius 2 is 1.54 bits per heavy atom. The first-order chi connectivity index (χ1) is 18.5. The maximum absolute atomic E-state index is 14.1. The van der Waals surface area contributed by atoms with Crippen LogP contribution in [0.25, 0.3) is 0 Å². The third kappa shape index (κ3) is 8.57. The van der Waals surface area contributed by atoms with Gasteiger partial charge in [0.25, 0.3) is 0 Å². The molecule has 0 unspecified atom stereocenters. The van der Waals surface area contributed by atoms with E-state index in [-0.39, 0.29) is 24.8 Å². The normalized spacial score (nSPS) is 12.2. The molecule has 0 heterocycles. The number of hydrogen-bond acceptors (Lipinski definition) is 4. The van der Waals surface area contributed by atoms with E-state index in [1.54, 1.807) is 49.4 Å². The van der Waals surface area contributed by atoms with Crippen molar-refractivity contribution in [3.63, 3.8) is 0 Å². The van der Waals surface area contributed by atoms with Gasteiger partial charge in [0.05, 0.1) is 11.9 Å². The van der Waals surface area contributed by atoms with E-state index in [0.717, 1.165) is 16.1 Å². The molecule has 1 N–H and O–H groups in total. The second-order valence-electron chi connectivity index (χ2n) is 10.0. The van der Waals surface area contributed by atoms with Crippen LogP contribution in [0.1, 0.15) is 30.5 Å². The summed E-state index contributed by atoms with van der Waals surface area (Å²) in [5.74, 6) is -0.611. The summed E-state index contributed by atoms with van der Waals surface area (Å²) in [7, 11) is -3.82. The van der Waals surface area contributed by atoms with E-state index < -0.39 is 28.5 Å². The van der Waals surface area contributed by atoms with E-state index >= 15 is 0 Å². The van der Waals surface area contributed by atoms with Gasteiger partial charge in [0.15, 0.2) is 0 Å². The van der Waals surface area contributed by atoms with Gasteiger partial charge >= 0.3 is 0 Å². The van der Waals surface area contributed by atoms with Crippen LogP contribution in [0.5, 0.6) is 0 Å². The molecule has 7 nitrogen and oxygen atoms in total. The van der Waals surface area contributed by atoms with Crippen molar-refractivity contribution < 1.29 is 18.0 Å². The first kappa shape index (κ1) is 30.2. The molecule has 0 aromatic heterocycles. The Hall–Kier alpha value is -3.36. The van der Waals surface area contributed by atoms with Gasteiger partial charge in [-0.1, -0.05) is 92.2 Å². The van der Waals surface area contributed by atoms with Crippen LogP contribution in [-0.4, -0.2) is 50.5 Å². The number of carbonyl (C=O) groups excluding carboxylic acids is 2. The highest BCUT2D eigenvalue weighted by atomic mass is 35.5. The number of benzene rings is 3. The smallest absolute Gasteiger partial charge is 0.244 e.